The van der Waals surface area contributed by atoms with E-state index in [0.29, 0.717) is 6.54 Å². The van der Waals surface area contributed by atoms with Crippen molar-refractivity contribution in [1.82, 2.24) is 10.6 Å². The number of nitrogens with one attached hydrogen (secondary N) is 2. The molecule has 0 aromatic heterocycles. The van der Waals surface area contributed by atoms with Crippen LogP contribution in [0.15, 0.2) is 60.7 Å². The highest BCUT2D eigenvalue weighted by molar-refractivity contribution is 5.92. The van der Waals surface area contributed by atoms with Crippen molar-refractivity contribution in [3.05, 3.63) is 71.8 Å². The summed E-state index contributed by atoms with van der Waals surface area (Å²) in [7, 11) is 3.25. The molecule has 2 aromatic carbocycles. The number of carbonyl (C=O) groups excluding carboxylic acids is 2. The van der Waals surface area contributed by atoms with Crippen molar-refractivity contribution in [3.8, 4) is 11.5 Å². The fourth-order valence-electron chi connectivity index (χ4n) is 5.25. The van der Waals surface area contributed by atoms with Crippen LogP contribution in [-0.2, 0) is 9.59 Å². The molecule has 36 heavy (non-hydrogen) atoms. The number of amides is 2. The van der Waals surface area contributed by atoms with Gasteiger partial charge in [0.2, 0.25) is 11.8 Å². The summed E-state index contributed by atoms with van der Waals surface area (Å²) in [5.74, 6) is 1.33. The van der Waals surface area contributed by atoms with Gasteiger partial charge in [0.05, 0.1) is 14.2 Å². The topological polar surface area (TPSA) is 76.7 Å². The van der Waals surface area contributed by atoms with Crippen LogP contribution < -0.4 is 20.1 Å². The fourth-order valence-corrected chi connectivity index (χ4v) is 5.25. The Morgan fingerprint density at radius 1 is 0.833 bits per heavy atom. The average Bonchev–Trinajstić information content (AvgIpc) is 2.84. The summed E-state index contributed by atoms with van der Waals surface area (Å²) in [6.07, 6.45) is 9.40. The van der Waals surface area contributed by atoms with Crippen LogP contribution in [-0.4, -0.2) is 38.6 Å². The predicted molar refractivity (Wildman–Crippen MR) is 145 cm³/mol. The van der Waals surface area contributed by atoms with E-state index < -0.39 is 0 Å². The maximum Gasteiger partial charge on any atom is 0.244 e. The maximum absolute atomic E-state index is 12.6. The molecule has 0 saturated heterocycles. The largest absolute Gasteiger partial charge is 0.497 e. The van der Waals surface area contributed by atoms with Gasteiger partial charge in [-0.1, -0.05) is 45.0 Å². The van der Waals surface area contributed by atoms with Crippen molar-refractivity contribution in [3.63, 3.8) is 0 Å². The molecule has 1 aliphatic rings. The van der Waals surface area contributed by atoms with Crippen LogP contribution in [0.2, 0.25) is 0 Å². The molecule has 2 N–H and O–H groups in total. The lowest BCUT2D eigenvalue weighted by Crippen LogP contribution is -2.50. The molecule has 6 nitrogen and oxygen atoms in total. The molecule has 6 heteroatoms. The Balaban J connectivity index is 1.55. The number of benzene rings is 2. The molecule has 2 unspecified atom stereocenters. The molecule has 0 heterocycles. The fraction of sp³-hybridized carbons (Fsp3) is 0.400. The van der Waals surface area contributed by atoms with E-state index >= 15 is 0 Å². The van der Waals surface area contributed by atoms with Crippen molar-refractivity contribution < 1.29 is 19.1 Å². The molecule has 2 aromatic rings. The second kappa shape index (κ2) is 11.9. The zero-order chi connectivity index (χ0) is 26.2. The number of carbonyl (C=O) groups is 2. The first kappa shape index (κ1) is 27.1. The molecule has 0 radical (unpaired) electrons. The Labute approximate surface area is 214 Å². The Hall–Kier alpha value is -3.54. The Morgan fingerprint density at radius 3 is 1.83 bits per heavy atom. The first-order valence-electron chi connectivity index (χ1n) is 12.3. The van der Waals surface area contributed by atoms with Crippen molar-refractivity contribution in [2.75, 3.05) is 20.8 Å². The first-order chi connectivity index (χ1) is 17.1. The first-order valence-corrected chi connectivity index (χ1v) is 12.3. The van der Waals surface area contributed by atoms with Crippen LogP contribution in [0.3, 0.4) is 0 Å². The summed E-state index contributed by atoms with van der Waals surface area (Å²) in [4.78, 5) is 25.1. The third-order valence-electron chi connectivity index (χ3n) is 6.57. The summed E-state index contributed by atoms with van der Waals surface area (Å²) in [6.45, 7) is 7.19. The van der Waals surface area contributed by atoms with Crippen molar-refractivity contribution >= 4 is 24.0 Å². The van der Waals surface area contributed by atoms with E-state index in [-0.39, 0.29) is 28.7 Å². The van der Waals surface area contributed by atoms with E-state index in [1.807, 2.05) is 48.5 Å². The van der Waals surface area contributed by atoms with Crippen LogP contribution >= 0.6 is 0 Å². The molecule has 0 aliphatic heterocycles. The van der Waals surface area contributed by atoms with Gasteiger partial charge in [0.1, 0.15) is 11.5 Å². The Kier molecular flexibility index (Phi) is 8.97. The number of hydrogen-bond donors (Lipinski definition) is 2. The van der Waals surface area contributed by atoms with Crippen LogP contribution in [0.25, 0.3) is 12.2 Å². The minimum atomic E-state index is -0.126. The predicted octanol–water partition coefficient (Wildman–Crippen LogP) is 5.25. The van der Waals surface area contributed by atoms with E-state index in [9.17, 15) is 9.59 Å². The molecule has 0 spiro atoms. The van der Waals surface area contributed by atoms with Gasteiger partial charge in [0, 0.05) is 24.7 Å². The zero-order valence-corrected chi connectivity index (χ0v) is 22.0. The van der Waals surface area contributed by atoms with Gasteiger partial charge in [-0.2, -0.15) is 0 Å². The SMILES string of the molecule is COc1ccc(/C=C/C(=O)NCC2(C)CC(NC(=O)/C=C/c3ccc(OC)cc3)CC(C)(C)C2)cc1. The lowest BCUT2D eigenvalue weighted by atomic mass is 9.62. The second-order valence-electron chi connectivity index (χ2n) is 10.7. The van der Waals surface area contributed by atoms with Crippen LogP contribution in [0.4, 0.5) is 0 Å². The monoisotopic (exact) mass is 490 g/mol. The zero-order valence-electron chi connectivity index (χ0n) is 22.0. The van der Waals surface area contributed by atoms with Gasteiger partial charge in [-0.05, 0) is 77.6 Å². The second-order valence-corrected chi connectivity index (χ2v) is 10.7. The summed E-state index contributed by atoms with van der Waals surface area (Å²) >= 11 is 0. The third-order valence-corrected chi connectivity index (χ3v) is 6.57. The minimum Gasteiger partial charge on any atom is -0.497 e. The quantitative estimate of drug-likeness (QED) is 0.471. The Bertz CT molecular complexity index is 1090. The molecular weight excluding hydrogens is 452 g/mol. The van der Waals surface area contributed by atoms with E-state index in [4.69, 9.17) is 9.47 Å². The van der Waals surface area contributed by atoms with Gasteiger partial charge in [0.15, 0.2) is 0 Å². The van der Waals surface area contributed by atoms with Crippen LogP contribution in [0.1, 0.15) is 51.2 Å². The van der Waals surface area contributed by atoms with Crippen molar-refractivity contribution in [1.29, 1.82) is 0 Å². The van der Waals surface area contributed by atoms with E-state index in [1.54, 1.807) is 38.5 Å². The van der Waals surface area contributed by atoms with Crippen molar-refractivity contribution in [2.24, 2.45) is 10.8 Å². The smallest absolute Gasteiger partial charge is 0.244 e. The molecule has 2 atom stereocenters. The van der Waals surface area contributed by atoms with E-state index in [2.05, 4.69) is 31.4 Å². The summed E-state index contributed by atoms with van der Waals surface area (Å²) in [6, 6.07) is 15.1. The number of hydrogen-bond acceptors (Lipinski definition) is 4. The number of methoxy groups -OCH3 is 2. The van der Waals surface area contributed by atoms with Crippen LogP contribution in [0.5, 0.6) is 11.5 Å². The highest BCUT2D eigenvalue weighted by Gasteiger charge is 2.41. The van der Waals surface area contributed by atoms with Crippen molar-refractivity contribution in [2.45, 2.75) is 46.1 Å². The third kappa shape index (κ3) is 8.29. The standard InChI is InChI=1S/C30H38N2O4/c1-29(2)18-24(32-28(34)17-11-23-8-14-26(36-5)15-9-23)19-30(3,20-29)21-31-27(33)16-10-22-6-12-25(35-4)13-7-22/h6-17,24H,18-21H2,1-5H3,(H,31,33)(H,32,34)/b16-10+,17-11+. The molecule has 192 valence electrons. The minimum absolute atomic E-state index is 0.0403. The highest BCUT2D eigenvalue weighted by atomic mass is 16.5. The average molecular weight is 491 g/mol. The summed E-state index contributed by atoms with van der Waals surface area (Å²) in [5, 5.41) is 6.24. The van der Waals surface area contributed by atoms with E-state index in [1.165, 1.54) is 0 Å². The van der Waals surface area contributed by atoms with Gasteiger partial charge in [-0.15, -0.1) is 0 Å². The summed E-state index contributed by atoms with van der Waals surface area (Å²) in [5.41, 5.74) is 1.80. The van der Waals surface area contributed by atoms with Gasteiger partial charge in [-0.25, -0.2) is 0 Å². The number of ether oxygens (including phenoxy) is 2. The maximum atomic E-state index is 12.6. The van der Waals surface area contributed by atoms with Gasteiger partial charge in [0.25, 0.3) is 0 Å². The molecule has 1 saturated carbocycles. The normalized spacial score (nSPS) is 21.3. The van der Waals surface area contributed by atoms with Crippen LogP contribution in [0, 0.1) is 10.8 Å². The lowest BCUT2D eigenvalue weighted by Gasteiger charge is -2.46. The molecule has 1 aliphatic carbocycles. The molecule has 3 rings (SSSR count). The lowest BCUT2D eigenvalue weighted by molar-refractivity contribution is -0.119. The number of rotatable bonds is 9. The Morgan fingerprint density at radius 2 is 1.33 bits per heavy atom. The highest BCUT2D eigenvalue weighted by Crippen LogP contribution is 2.45. The van der Waals surface area contributed by atoms with Gasteiger partial charge in [-0.3, -0.25) is 9.59 Å². The van der Waals surface area contributed by atoms with E-state index in [0.717, 1.165) is 41.9 Å². The molecular formula is C30H38N2O4. The van der Waals surface area contributed by atoms with Gasteiger partial charge >= 0.3 is 0 Å². The molecule has 2 amide bonds. The van der Waals surface area contributed by atoms with Gasteiger partial charge < -0.3 is 20.1 Å². The summed E-state index contributed by atoms with van der Waals surface area (Å²) < 4.78 is 10.3. The molecule has 1 fully saturated rings. The molecule has 0 bridgehead atoms.